The standard InChI is InChI=1S/C2H6N.3C2H6.Sn/c1-3-2;3*1-2;/h1-2H3;3*1-2H3;/q-1;;;;. The topological polar surface area (TPSA) is 14.1 Å². The van der Waals surface area contributed by atoms with Crippen molar-refractivity contribution >= 4 is 23.9 Å². The summed E-state index contributed by atoms with van der Waals surface area (Å²) in [7, 11) is 3.50. The molecule has 0 saturated carbocycles. The molecule has 0 bridgehead atoms. The fourth-order valence-corrected chi connectivity index (χ4v) is 0. The van der Waals surface area contributed by atoms with Gasteiger partial charge in [-0.25, -0.2) is 0 Å². The van der Waals surface area contributed by atoms with Crippen LogP contribution in [0.4, 0.5) is 0 Å². The zero-order valence-electron chi connectivity index (χ0n) is 8.95. The molecule has 66 valence electrons. The molecule has 0 aliphatic rings. The molecule has 0 fully saturated rings. The number of hydrogen-bond donors (Lipinski definition) is 0. The summed E-state index contributed by atoms with van der Waals surface area (Å²) < 4.78 is 0. The maximum Gasteiger partial charge on any atom is 0 e. The quantitative estimate of drug-likeness (QED) is 0.588. The van der Waals surface area contributed by atoms with E-state index >= 15 is 0 Å². The van der Waals surface area contributed by atoms with Gasteiger partial charge in [0.15, 0.2) is 0 Å². The Hall–Kier alpha value is 0.759. The molecule has 0 heterocycles. The molecule has 0 unspecified atom stereocenters. The van der Waals surface area contributed by atoms with Crippen LogP contribution in [-0.2, 0) is 0 Å². The summed E-state index contributed by atoms with van der Waals surface area (Å²) in [6.45, 7) is 12.0. The zero-order valence-corrected chi connectivity index (χ0v) is 11.8. The third-order valence-electron chi connectivity index (χ3n) is 0. The molecule has 0 spiro atoms. The fraction of sp³-hybridized carbons (Fsp3) is 1.00. The third-order valence-corrected chi connectivity index (χ3v) is 0. The SMILES string of the molecule is CC.CC.CC.C[N-]C.[Sn]. The van der Waals surface area contributed by atoms with Gasteiger partial charge in [0.1, 0.15) is 0 Å². The Kier molecular flexibility index (Phi) is 748. The first-order valence-electron chi connectivity index (χ1n) is 3.89. The van der Waals surface area contributed by atoms with Crippen LogP contribution in [-0.4, -0.2) is 38.0 Å². The van der Waals surface area contributed by atoms with E-state index in [4.69, 9.17) is 0 Å². The molecule has 1 nitrogen and oxygen atoms in total. The van der Waals surface area contributed by atoms with Crippen molar-refractivity contribution in [1.29, 1.82) is 0 Å². The van der Waals surface area contributed by atoms with Gasteiger partial charge in [0, 0.05) is 23.9 Å². The van der Waals surface area contributed by atoms with Gasteiger partial charge in [-0.3, -0.25) is 0 Å². The summed E-state index contributed by atoms with van der Waals surface area (Å²) in [5, 5.41) is 3.50. The average molecular weight is 253 g/mol. The summed E-state index contributed by atoms with van der Waals surface area (Å²) in [6, 6.07) is 0. The second-order valence-corrected chi connectivity index (χ2v) is 0.447. The van der Waals surface area contributed by atoms with Crippen molar-refractivity contribution in [3.05, 3.63) is 5.32 Å². The van der Waals surface area contributed by atoms with Gasteiger partial charge in [-0.15, -0.1) is 0 Å². The molecule has 10 heavy (non-hydrogen) atoms. The van der Waals surface area contributed by atoms with E-state index in [0.717, 1.165) is 0 Å². The molecular formula is C8H24NSn-. The minimum Gasteiger partial charge on any atom is -0.668 e. The molecule has 0 aromatic heterocycles. The van der Waals surface area contributed by atoms with Crippen LogP contribution >= 0.6 is 0 Å². The number of rotatable bonds is 0. The minimum absolute atomic E-state index is 0. The van der Waals surface area contributed by atoms with Crippen LogP contribution < -0.4 is 0 Å². The van der Waals surface area contributed by atoms with E-state index in [-0.39, 0.29) is 23.9 Å². The van der Waals surface area contributed by atoms with Crippen LogP contribution in [0.1, 0.15) is 41.5 Å². The maximum absolute atomic E-state index is 3.50. The van der Waals surface area contributed by atoms with Crippen molar-refractivity contribution in [3.63, 3.8) is 0 Å². The Morgan fingerprint density at radius 3 is 0.600 bits per heavy atom. The van der Waals surface area contributed by atoms with Crippen LogP contribution in [0.15, 0.2) is 0 Å². The first-order valence-corrected chi connectivity index (χ1v) is 3.89. The predicted molar refractivity (Wildman–Crippen MR) is 55.0 cm³/mol. The summed E-state index contributed by atoms with van der Waals surface area (Å²) in [6.07, 6.45) is 0. The molecule has 4 radical (unpaired) electrons. The molecule has 0 aromatic rings. The summed E-state index contributed by atoms with van der Waals surface area (Å²) in [5.74, 6) is 0. The number of hydrogen-bond acceptors (Lipinski definition) is 0. The van der Waals surface area contributed by atoms with Crippen LogP contribution in [0.2, 0.25) is 0 Å². The second-order valence-electron chi connectivity index (χ2n) is 0.447. The van der Waals surface area contributed by atoms with Crippen LogP contribution in [0.5, 0.6) is 0 Å². The molecule has 2 heteroatoms. The first kappa shape index (κ1) is 30.9. The Balaban J connectivity index is -0.0000000110. The Bertz CT molecular complexity index is 9.22. The number of nitrogens with zero attached hydrogens (tertiary/aromatic N) is 1. The molecule has 0 rings (SSSR count). The van der Waals surface area contributed by atoms with E-state index in [1.165, 1.54) is 0 Å². The summed E-state index contributed by atoms with van der Waals surface area (Å²) in [4.78, 5) is 0. The minimum atomic E-state index is 0. The van der Waals surface area contributed by atoms with Gasteiger partial charge < -0.3 is 5.32 Å². The smallest absolute Gasteiger partial charge is 0 e. The van der Waals surface area contributed by atoms with Gasteiger partial charge in [-0.05, 0) is 0 Å². The van der Waals surface area contributed by atoms with Crippen LogP contribution in [0, 0.1) is 0 Å². The van der Waals surface area contributed by atoms with Gasteiger partial charge in [-0.2, -0.15) is 14.1 Å². The van der Waals surface area contributed by atoms with Crippen LogP contribution in [0.25, 0.3) is 5.32 Å². The van der Waals surface area contributed by atoms with E-state index < -0.39 is 0 Å². The van der Waals surface area contributed by atoms with E-state index in [0.29, 0.717) is 0 Å². The molecule has 0 aliphatic heterocycles. The first-order chi connectivity index (χ1) is 4.41. The van der Waals surface area contributed by atoms with Crippen LogP contribution in [0.3, 0.4) is 0 Å². The maximum atomic E-state index is 3.50. The van der Waals surface area contributed by atoms with E-state index in [1.807, 2.05) is 41.5 Å². The molecule has 0 N–H and O–H groups in total. The Morgan fingerprint density at radius 2 is 0.600 bits per heavy atom. The van der Waals surface area contributed by atoms with Gasteiger partial charge in [0.2, 0.25) is 0 Å². The molecular weight excluding hydrogens is 229 g/mol. The summed E-state index contributed by atoms with van der Waals surface area (Å²) in [5.41, 5.74) is 0. The molecule has 0 atom stereocenters. The van der Waals surface area contributed by atoms with Gasteiger partial charge in [0.25, 0.3) is 0 Å². The molecule has 0 saturated heterocycles. The predicted octanol–water partition coefficient (Wildman–Crippen LogP) is 3.32. The molecule has 0 aromatic carbocycles. The van der Waals surface area contributed by atoms with Gasteiger partial charge in [-0.1, -0.05) is 41.5 Å². The Labute approximate surface area is 84.9 Å². The monoisotopic (exact) mass is 254 g/mol. The van der Waals surface area contributed by atoms with E-state index in [2.05, 4.69) is 5.32 Å². The zero-order chi connectivity index (χ0) is 8.71. The Morgan fingerprint density at radius 1 is 0.600 bits per heavy atom. The second kappa shape index (κ2) is 242. The van der Waals surface area contributed by atoms with Crippen molar-refractivity contribution in [2.24, 2.45) is 0 Å². The fourth-order valence-electron chi connectivity index (χ4n) is 0. The van der Waals surface area contributed by atoms with Crippen molar-refractivity contribution in [2.75, 3.05) is 14.1 Å². The van der Waals surface area contributed by atoms with E-state index in [9.17, 15) is 0 Å². The third kappa shape index (κ3) is 916. The van der Waals surface area contributed by atoms with Crippen molar-refractivity contribution in [3.8, 4) is 0 Å². The normalized spacial score (nSPS) is 3.60. The largest absolute Gasteiger partial charge is 0.668 e. The van der Waals surface area contributed by atoms with Gasteiger partial charge in [0.05, 0.1) is 0 Å². The molecule has 0 amide bonds. The average Bonchev–Trinajstić information content (AvgIpc) is 2.01. The summed E-state index contributed by atoms with van der Waals surface area (Å²) >= 11 is 0. The molecule has 0 aliphatic carbocycles. The van der Waals surface area contributed by atoms with Crippen molar-refractivity contribution < 1.29 is 0 Å². The van der Waals surface area contributed by atoms with Crippen molar-refractivity contribution in [2.45, 2.75) is 41.5 Å². The van der Waals surface area contributed by atoms with Gasteiger partial charge >= 0.3 is 0 Å². The van der Waals surface area contributed by atoms with E-state index in [1.54, 1.807) is 14.1 Å². The van der Waals surface area contributed by atoms with Crippen molar-refractivity contribution in [1.82, 2.24) is 0 Å².